The van der Waals surface area contributed by atoms with E-state index in [2.05, 4.69) is 38.8 Å². The summed E-state index contributed by atoms with van der Waals surface area (Å²) >= 11 is 0. The average molecular weight is 434 g/mol. The summed E-state index contributed by atoms with van der Waals surface area (Å²) in [4.78, 5) is 28.1. The molecule has 0 unspecified atom stereocenters. The second-order valence-corrected chi connectivity index (χ2v) is 8.60. The molecule has 32 heavy (non-hydrogen) atoms. The molecule has 1 aliphatic rings. The first-order chi connectivity index (χ1) is 15.3. The van der Waals surface area contributed by atoms with Crippen LogP contribution in [0.2, 0.25) is 0 Å². The summed E-state index contributed by atoms with van der Waals surface area (Å²) in [6.07, 6.45) is 3.51. The Hall–Kier alpha value is -3.69. The van der Waals surface area contributed by atoms with E-state index in [1.807, 2.05) is 38.4 Å². The minimum atomic E-state index is -0.343. The van der Waals surface area contributed by atoms with Crippen LogP contribution in [0.25, 0.3) is 27.9 Å². The summed E-state index contributed by atoms with van der Waals surface area (Å²) in [7, 11) is 1.81. The van der Waals surface area contributed by atoms with E-state index in [0.717, 1.165) is 47.6 Å². The molecule has 10 nitrogen and oxygen atoms in total. The molecule has 5 rings (SSSR count). The second kappa shape index (κ2) is 7.47. The Bertz CT molecular complexity index is 1340. The van der Waals surface area contributed by atoms with E-state index in [0.29, 0.717) is 17.3 Å². The molecule has 3 N–H and O–H groups in total. The van der Waals surface area contributed by atoms with Gasteiger partial charge in [-0.2, -0.15) is 4.98 Å². The van der Waals surface area contributed by atoms with Crippen LogP contribution >= 0.6 is 0 Å². The molecule has 0 aliphatic carbocycles. The Kier molecular flexibility index (Phi) is 4.72. The molecule has 5 heterocycles. The van der Waals surface area contributed by atoms with Gasteiger partial charge >= 0.3 is 0 Å². The molecule has 1 amide bonds. The predicted molar refractivity (Wildman–Crippen MR) is 123 cm³/mol. The summed E-state index contributed by atoms with van der Waals surface area (Å²) in [6.45, 7) is 6.99. The number of hydrogen-bond acceptors (Lipinski definition) is 7. The summed E-state index contributed by atoms with van der Waals surface area (Å²) in [5.41, 5.74) is 10.4. The van der Waals surface area contributed by atoms with Gasteiger partial charge in [0.2, 0.25) is 11.9 Å². The van der Waals surface area contributed by atoms with Crippen LogP contribution in [0.4, 0.5) is 11.8 Å². The van der Waals surface area contributed by atoms with Gasteiger partial charge in [-0.25, -0.2) is 14.5 Å². The number of amides is 1. The van der Waals surface area contributed by atoms with Gasteiger partial charge in [-0.15, -0.1) is 5.10 Å². The lowest BCUT2D eigenvalue weighted by molar-refractivity contribution is -0.132. The fourth-order valence-corrected chi connectivity index (χ4v) is 4.50. The number of imidazole rings is 1. The highest BCUT2D eigenvalue weighted by Crippen LogP contribution is 2.30. The number of pyridine rings is 1. The fourth-order valence-electron chi connectivity index (χ4n) is 4.50. The average Bonchev–Trinajstić information content (AvgIpc) is 3.31. The number of aromatic nitrogens is 6. The quantitative estimate of drug-likeness (QED) is 0.508. The highest BCUT2D eigenvalue weighted by atomic mass is 16.2. The van der Waals surface area contributed by atoms with E-state index >= 15 is 0 Å². The van der Waals surface area contributed by atoms with Crippen LogP contribution in [-0.4, -0.2) is 59.6 Å². The number of anilines is 2. The third-order valence-corrected chi connectivity index (χ3v) is 6.01. The Balaban J connectivity index is 1.54. The van der Waals surface area contributed by atoms with Crippen LogP contribution < -0.4 is 11.1 Å². The SMILES string of the molecule is Cc1nc2ccc(-c3ccn4nc(N[C@H]5CCCN(C)C5=O)nc(N)c34)nc2n1C(C)C. The summed E-state index contributed by atoms with van der Waals surface area (Å²) in [6, 6.07) is 5.75. The van der Waals surface area contributed by atoms with Gasteiger partial charge in [0, 0.05) is 31.4 Å². The van der Waals surface area contributed by atoms with Crippen LogP contribution in [-0.2, 0) is 4.79 Å². The van der Waals surface area contributed by atoms with Crippen molar-refractivity contribution in [2.75, 3.05) is 24.6 Å². The maximum absolute atomic E-state index is 12.4. The van der Waals surface area contributed by atoms with Crippen LogP contribution in [0.5, 0.6) is 0 Å². The fraction of sp³-hybridized carbons (Fsp3) is 0.409. The van der Waals surface area contributed by atoms with E-state index in [-0.39, 0.29) is 18.0 Å². The molecular formula is C22H27N9O. The lowest BCUT2D eigenvalue weighted by Gasteiger charge is -2.29. The van der Waals surface area contributed by atoms with Crippen molar-refractivity contribution in [2.24, 2.45) is 0 Å². The summed E-state index contributed by atoms with van der Waals surface area (Å²) in [5.74, 6) is 1.64. The van der Waals surface area contributed by atoms with Gasteiger partial charge in [0.15, 0.2) is 11.5 Å². The molecule has 1 atom stereocenters. The number of carbonyl (C=O) groups is 1. The lowest BCUT2D eigenvalue weighted by atomic mass is 10.1. The van der Waals surface area contributed by atoms with E-state index in [4.69, 9.17) is 10.7 Å². The third kappa shape index (κ3) is 3.22. The first-order valence-electron chi connectivity index (χ1n) is 10.9. The molecule has 0 spiro atoms. The maximum Gasteiger partial charge on any atom is 0.244 e. The number of nitrogen functional groups attached to an aromatic ring is 1. The van der Waals surface area contributed by atoms with Crippen molar-refractivity contribution in [3.05, 3.63) is 30.2 Å². The standard InChI is InChI=1S/C22H27N9O/c1-12(2)31-13(3)24-16-8-7-15(25-20(16)31)14-9-11-30-18(14)19(23)27-22(28-30)26-17-6-5-10-29(4)21(17)32/h7-9,11-12,17H,5-6,10H2,1-4H3,(H3,23,26,27,28)/t17-/m0/s1. The van der Waals surface area contributed by atoms with Gasteiger partial charge in [-0.05, 0) is 51.8 Å². The molecule has 0 aromatic carbocycles. The Morgan fingerprint density at radius 2 is 2.00 bits per heavy atom. The number of fused-ring (bicyclic) bond motifs is 2. The number of nitrogens with one attached hydrogen (secondary N) is 1. The van der Waals surface area contributed by atoms with Gasteiger partial charge in [0.1, 0.15) is 22.9 Å². The number of carbonyl (C=O) groups excluding carboxylic acids is 1. The molecule has 1 saturated heterocycles. The van der Waals surface area contributed by atoms with Gasteiger partial charge in [0.05, 0.1) is 5.69 Å². The number of nitrogens with zero attached hydrogens (tertiary/aromatic N) is 7. The Morgan fingerprint density at radius 3 is 2.78 bits per heavy atom. The topological polar surface area (TPSA) is 119 Å². The van der Waals surface area contributed by atoms with E-state index < -0.39 is 0 Å². The summed E-state index contributed by atoms with van der Waals surface area (Å²) < 4.78 is 3.81. The maximum atomic E-state index is 12.4. The van der Waals surface area contributed by atoms with Crippen molar-refractivity contribution >= 4 is 34.4 Å². The molecule has 166 valence electrons. The molecule has 1 fully saturated rings. The van der Waals surface area contributed by atoms with Gasteiger partial charge in [-0.3, -0.25) is 4.79 Å². The van der Waals surface area contributed by atoms with Crippen LogP contribution in [0.3, 0.4) is 0 Å². The molecule has 4 aromatic heterocycles. The van der Waals surface area contributed by atoms with Crippen LogP contribution in [0.15, 0.2) is 24.4 Å². The number of rotatable bonds is 4. The number of aryl methyl sites for hydroxylation is 1. The van der Waals surface area contributed by atoms with Gasteiger partial charge < -0.3 is 20.5 Å². The number of hydrogen-bond donors (Lipinski definition) is 2. The Morgan fingerprint density at radius 1 is 1.19 bits per heavy atom. The van der Waals surface area contributed by atoms with E-state index in [1.165, 1.54) is 0 Å². The van der Waals surface area contributed by atoms with Gasteiger partial charge in [0.25, 0.3) is 0 Å². The molecule has 10 heteroatoms. The number of nitrogens with two attached hydrogens (primary N) is 1. The predicted octanol–water partition coefficient (Wildman–Crippen LogP) is 2.65. The van der Waals surface area contributed by atoms with Gasteiger partial charge in [-0.1, -0.05) is 0 Å². The molecule has 0 bridgehead atoms. The van der Waals surface area contributed by atoms with Crippen molar-refractivity contribution in [1.82, 2.24) is 34.0 Å². The second-order valence-electron chi connectivity index (χ2n) is 8.60. The summed E-state index contributed by atoms with van der Waals surface area (Å²) in [5, 5.41) is 7.69. The van der Waals surface area contributed by atoms with Crippen molar-refractivity contribution < 1.29 is 4.79 Å². The highest BCUT2D eigenvalue weighted by molar-refractivity contribution is 5.89. The van der Waals surface area contributed by atoms with Crippen molar-refractivity contribution in [3.8, 4) is 11.3 Å². The zero-order valence-electron chi connectivity index (χ0n) is 18.7. The number of likely N-dealkylation sites (tertiary alicyclic amines) is 1. The van der Waals surface area contributed by atoms with E-state index in [1.54, 1.807) is 9.42 Å². The minimum absolute atomic E-state index is 0.0428. The smallest absolute Gasteiger partial charge is 0.244 e. The van der Waals surface area contributed by atoms with Crippen molar-refractivity contribution in [2.45, 2.75) is 45.7 Å². The van der Waals surface area contributed by atoms with Crippen LogP contribution in [0.1, 0.15) is 38.6 Å². The molecule has 4 aromatic rings. The molecule has 0 radical (unpaired) electrons. The zero-order chi connectivity index (χ0) is 22.6. The molecular weight excluding hydrogens is 406 g/mol. The number of likely N-dealkylation sites (N-methyl/N-ethyl adjacent to an activating group) is 1. The normalized spacial score (nSPS) is 17.1. The Labute approximate surface area is 185 Å². The first-order valence-corrected chi connectivity index (χ1v) is 10.9. The third-order valence-electron chi connectivity index (χ3n) is 6.01. The largest absolute Gasteiger partial charge is 0.382 e. The zero-order valence-corrected chi connectivity index (χ0v) is 18.7. The van der Waals surface area contributed by atoms with Crippen molar-refractivity contribution in [3.63, 3.8) is 0 Å². The van der Waals surface area contributed by atoms with Crippen LogP contribution in [0, 0.1) is 6.92 Å². The minimum Gasteiger partial charge on any atom is -0.382 e. The highest BCUT2D eigenvalue weighted by Gasteiger charge is 2.27. The lowest BCUT2D eigenvalue weighted by Crippen LogP contribution is -2.45. The molecule has 1 aliphatic heterocycles. The first kappa shape index (κ1) is 20.2. The molecule has 0 saturated carbocycles. The monoisotopic (exact) mass is 433 g/mol. The number of piperidine rings is 1. The van der Waals surface area contributed by atoms with E-state index in [9.17, 15) is 4.79 Å². The van der Waals surface area contributed by atoms with Crippen molar-refractivity contribution in [1.29, 1.82) is 0 Å².